The first-order valence-electron chi connectivity index (χ1n) is 9.64. The zero-order valence-electron chi connectivity index (χ0n) is 17.5. The van der Waals surface area contributed by atoms with Gasteiger partial charge in [0.05, 0.1) is 18.2 Å². The van der Waals surface area contributed by atoms with Gasteiger partial charge in [-0.3, -0.25) is 9.69 Å². The minimum atomic E-state index is -0.426. The lowest BCUT2D eigenvalue weighted by molar-refractivity contribution is -0.117. The summed E-state index contributed by atoms with van der Waals surface area (Å²) in [6.07, 6.45) is 1.84. The van der Waals surface area contributed by atoms with Gasteiger partial charge in [-0.25, -0.2) is 9.78 Å². The first-order chi connectivity index (χ1) is 14.4. The summed E-state index contributed by atoms with van der Waals surface area (Å²) in [4.78, 5) is 33.7. The highest BCUT2D eigenvalue weighted by molar-refractivity contribution is 7.17. The molecule has 0 fully saturated rings. The third-order valence-electron chi connectivity index (χ3n) is 4.39. The molecule has 2 aromatic heterocycles. The van der Waals surface area contributed by atoms with E-state index in [2.05, 4.69) is 10.3 Å². The van der Waals surface area contributed by atoms with Crippen LogP contribution < -0.4 is 5.32 Å². The van der Waals surface area contributed by atoms with Gasteiger partial charge >= 0.3 is 5.97 Å². The number of carbonyl (C=O) groups is 2. The summed E-state index contributed by atoms with van der Waals surface area (Å²) >= 11 is 3.01. The van der Waals surface area contributed by atoms with Gasteiger partial charge in [0.15, 0.2) is 0 Å². The average Bonchev–Trinajstić information content (AvgIpc) is 3.24. The van der Waals surface area contributed by atoms with Crippen molar-refractivity contribution in [3.8, 4) is 11.1 Å². The minimum absolute atomic E-state index is 0.176. The summed E-state index contributed by atoms with van der Waals surface area (Å²) in [7, 11) is 1.88. The molecule has 0 aliphatic rings. The second-order valence-electron chi connectivity index (χ2n) is 6.89. The number of nitrogens with zero attached hydrogens (tertiary/aromatic N) is 2. The smallest absolute Gasteiger partial charge is 0.341 e. The van der Waals surface area contributed by atoms with E-state index in [4.69, 9.17) is 4.74 Å². The second kappa shape index (κ2) is 9.97. The van der Waals surface area contributed by atoms with Crippen LogP contribution in [0, 0.1) is 13.8 Å². The van der Waals surface area contributed by atoms with Crippen molar-refractivity contribution < 1.29 is 14.3 Å². The van der Waals surface area contributed by atoms with Gasteiger partial charge in [-0.2, -0.15) is 0 Å². The third-order valence-corrected chi connectivity index (χ3v) is 6.31. The maximum absolute atomic E-state index is 12.7. The highest BCUT2D eigenvalue weighted by Crippen LogP contribution is 2.40. The van der Waals surface area contributed by atoms with Gasteiger partial charge in [0.1, 0.15) is 10.6 Å². The van der Waals surface area contributed by atoms with Crippen molar-refractivity contribution in [1.82, 2.24) is 9.88 Å². The van der Waals surface area contributed by atoms with E-state index >= 15 is 0 Å². The number of hydrogen-bond acceptors (Lipinski definition) is 7. The Morgan fingerprint density at radius 3 is 2.53 bits per heavy atom. The van der Waals surface area contributed by atoms with Crippen LogP contribution in [0.25, 0.3) is 11.1 Å². The summed E-state index contributed by atoms with van der Waals surface area (Å²) in [6, 6.07) is 9.69. The SMILES string of the molecule is CCOC(=O)c1c(NC(=O)CN(C)Cc2cnc(C)s2)sc(C)c1-c1ccccc1. The highest BCUT2D eigenvalue weighted by atomic mass is 32.1. The predicted octanol–water partition coefficient (Wildman–Crippen LogP) is 4.74. The quantitative estimate of drug-likeness (QED) is 0.510. The van der Waals surface area contributed by atoms with Crippen molar-refractivity contribution in [1.29, 1.82) is 0 Å². The molecule has 3 aromatic rings. The molecule has 3 rings (SSSR count). The van der Waals surface area contributed by atoms with E-state index < -0.39 is 5.97 Å². The molecule has 8 heteroatoms. The van der Waals surface area contributed by atoms with Crippen molar-refractivity contribution in [3.63, 3.8) is 0 Å². The number of amides is 1. The molecule has 0 aliphatic carbocycles. The number of anilines is 1. The van der Waals surface area contributed by atoms with E-state index in [0.717, 1.165) is 25.9 Å². The van der Waals surface area contributed by atoms with Crippen molar-refractivity contribution >= 4 is 39.6 Å². The standard InChI is InChI=1S/C22H25N3O3S2/c1-5-28-22(27)20-19(16-9-7-6-8-10-16)14(2)29-21(20)24-18(26)13-25(4)12-17-11-23-15(3)30-17/h6-11H,5,12-13H2,1-4H3,(H,24,26). The summed E-state index contributed by atoms with van der Waals surface area (Å²) in [5.41, 5.74) is 2.15. The van der Waals surface area contributed by atoms with Crippen LogP contribution in [0.15, 0.2) is 36.5 Å². The maximum atomic E-state index is 12.7. The summed E-state index contributed by atoms with van der Waals surface area (Å²) in [5.74, 6) is -0.602. The van der Waals surface area contributed by atoms with Crippen LogP contribution in [0.3, 0.4) is 0 Å². The van der Waals surface area contributed by atoms with Crippen LogP contribution in [-0.2, 0) is 16.1 Å². The fourth-order valence-corrected chi connectivity index (χ4v) is 5.15. The molecule has 158 valence electrons. The molecule has 1 N–H and O–H groups in total. The van der Waals surface area contributed by atoms with Crippen LogP contribution in [0.1, 0.15) is 32.0 Å². The molecule has 0 aliphatic heterocycles. The first kappa shape index (κ1) is 22.1. The summed E-state index contributed by atoms with van der Waals surface area (Å²) in [6.45, 7) is 6.80. The lowest BCUT2D eigenvalue weighted by Gasteiger charge is -2.15. The largest absolute Gasteiger partial charge is 0.462 e. The highest BCUT2D eigenvalue weighted by Gasteiger charge is 2.25. The maximum Gasteiger partial charge on any atom is 0.341 e. The molecule has 0 saturated heterocycles. The van der Waals surface area contributed by atoms with E-state index in [1.165, 1.54) is 11.3 Å². The fourth-order valence-electron chi connectivity index (χ4n) is 3.19. The van der Waals surface area contributed by atoms with E-state index in [9.17, 15) is 9.59 Å². The topological polar surface area (TPSA) is 71.5 Å². The van der Waals surface area contributed by atoms with Gasteiger partial charge in [0.25, 0.3) is 0 Å². The fraction of sp³-hybridized carbons (Fsp3) is 0.318. The van der Waals surface area contributed by atoms with E-state index in [-0.39, 0.29) is 19.1 Å². The third kappa shape index (κ3) is 5.33. The molecular weight excluding hydrogens is 418 g/mol. The van der Waals surface area contributed by atoms with Crippen LogP contribution in [0.4, 0.5) is 5.00 Å². The zero-order valence-corrected chi connectivity index (χ0v) is 19.2. The van der Waals surface area contributed by atoms with E-state index in [0.29, 0.717) is 17.1 Å². The number of rotatable bonds is 8. The van der Waals surface area contributed by atoms with Gasteiger partial charge in [-0.15, -0.1) is 22.7 Å². The number of carbonyl (C=O) groups excluding carboxylic acids is 2. The minimum Gasteiger partial charge on any atom is -0.462 e. The summed E-state index contributed by atoms with van der Waals surface area (Å²) in [5, 5.41) is 4.46. The Kier molecular flexibility index (Phi) is 7.36. The monoisotopic (exact) mass is 443 g/mol. The number of benzene rings is 1. The van der Waals surface area contributed by atoms with Crippen molar-refractivity contribution in [2.24, 2.45) is 0 Å². The van der Waals surface area contributed by atoms with Gasteiger partial charge in [0, 0.05) is 28.1 Å². The van der Waals surface area contributed by atoms with Gasteiger partial charge in [0.2, 0.25) is 5.91 Å². The number of aryl methyl sites for hydroxylation is 2. The van der Waals surface area contributed by atoms with Crippen molar-refractivity contribution in [2.45, 2.75) is 27.3 Å². The predicted molar refractivity (Wildman–Crippen MR) is 122 cm³/mol. The number of thiazole rings is 1. The molecule has 2 heterocycles. The Balaban J connectivity index is 1.80. The number of nitrogens with one attached hydrogen (secondary N) is 1. The van der Waals surface area contributed by atoms with Crippen LogP contribution in [0.5, 0.6) is 0 Å². The average molecular weight is 444 g/mol. The Labute approximate surface area is 184 Å². The molecule has 0 spiro atoms. The second-order valence-corrected chi connectivity index (χ2v) is 9.43. The zero-order chi connectivity index (χ0) is 21.7. The van der Waals surface area contributed by atoms with Crippen LogP contribution >= 0.6 is 22.7 Å². The molecule has 30 heavy (non-hydrogen) atoms. The molecular formula is C22H25N3O3S2. The molecule has 1 aromatic carbocycles. The Hall–Kier alpha value is -2.55. The lowest BCUT2D eigenvalue weighted by Crippen LogP contribution is -2.29. The number of hydrogen-bond donors (Lipinski definition) is 1. The Bertz CT molecular complexity index is 1030. The Morgan fingerprint density at radius 1 is 1.17 bits per heavy atom. The van der Waals surface area contributed by atoms with E-state index in [1.54, 1.807) is 18.3 Å². The number of ether oxygens (including phenoxy) is 1. The van der Waals surface area contributed by atoms with Crippen LogP contribution in [-0.4, -0.2) is 42.0 Å². The van der Waals surface area contributed by atoms with Gasteiger partial charge < -0.3 is 10.1 Å². The van der Waals surface area contributed by atoms with Crippen molar-refractivity contribution in [2.75, 3.05) is 25.5 Å². The molecule has 0 saturated carbocycles. The molecule has 6 nitrogen and oxygen atoms in total. The Morgan fingerprint density at radius 2 is 1.90 bits per heavy atom. The van der Waals surface area contributed by atoms with Crippen molar-refractivity contribution in [3.05, 3.63) is 56.9 Å². The summed E-state index contributed by atoms with van der Waals surface area (Å²) < 4.78 is 5.29. The molecule has 0 bridgehead atoms. The number of thiophene rings is 1. The first-order valence-corrected chi connectivity index (χ1v) is 11.3. The lowest BCUT2D eigenvalue weighted by atomic mass is 10.0. The molecule has 0 radical (unpaired) electrons. The normalized spacial score (nSPS) is 11.0. The molecule has 1 amide bonds. The van der Waals surface area contributed by atoms with Crippen LogP contribution in [0.2, 0.25) is 0 Å². The van der Waals surface area contributed by atoms with Gasteiger partial charge in [-0.05, 0) is 33.4 Å². The van der Waals surface area contributed by atoms with E-state index in [1.807, 2.05) is 62.3 Å². The van der Waals surface area contributed by atoms with Gasteiger partial charge in [-0.1, -0.05) is 30.3 Å². The molecule has 0 atom stereocenters. The number of esters is 1. The molecule has 0 unspecified atom stereocenters. The number of likely N-dealkylation sites (N-methyl/N-ethyl adjacent to an activating group) is 1. The number of aromatic nitrogens is 1.